The summed E-state index contributed by atoms with van der Waals surface area (Å²) in [4.78, 5) is 9.06. The Bertz CT molecular complexity index is 1350. The Labute approximate surface area is 176 Å². The molecule has 0 N–H and O–H groups in total. The summed E-state index contributed by atoms with van der Waals surface area (Å²) in [6.07, 6.45) is 1.72. The lowest BCUT2D eigenvalue weighted by atomic mass is 10.1. The van der Waals surface area contributed by atoms with E-state index >= 15 is 0 Å². The Morgan fingerprint density at radius 1 is 0.900 bits per heavy atom. The first-order valence-electron chi connectivity index (χ1n) is 9.34. The molecule has 3 aromatic heterocycles. The molecule has 5 nitrogen and oxygen atoms in total. The van der Waals surface area contributed by atoms with Crippen LogP contribution in [-0.4, -0.2) is 25.0 Å². The van der Waals surface area contributed by atoms with Crippen LogP contribution in [0.5, 0.6) is 0 Å². The molecule has 0 aliphatic rings. The molecule has 0 unspecified atom stereocenters. The monoisotopic (exact) mass is 415 g/mol. The van der Waals surface area contributed by atoms with Crippen molar-refractivity contribution in [3.63, 3.8) is 0 Å². The Hall–Kier alpha value is -3.64. The van der Waals surface area contributed by atoms with Gasteiger partial charge in [-0.3, -0.25) is 4.98 Å². The molecule has 0 spiro atoms. The number of aromatic nitrogens is 5. The van der Waals surface area contributed by atoms with Crippen molar-refractivity contribution in [1.82, 2.24) is 25.0 Å². The van der Waals surface area contributed by atoms with Crippen LogP contribution in [0.25, 0.3) is 33.7 Å². The van der Waals surface area contributed by atoms with E-state index in [0.29, 0.717) is 28.6 Å². The quantitative estimate of drug-likeness (QED) is 0.394. The van der Waals surface area contributed by atoms with Gasteiger partial charge < -0.3 is 0 Å². The average Bonchev–Trinajstić information content (AvgIpc) is 3.19. The second-order valence-electron chi connectivity index (χ2n) is 6.79. The van der Waals surface area contributed by atoms with Crippen molar-refractivity contribution in [2.24, 2.45) is 0 Å². The van der Waals surface area contributed by atoms with E-state index in [2.05, 4.69) is 15.3 Å². The molecule has 0 bridgehead atoms. The zero-order chi connectivity index (χ0) is 20.5. The van der Waals surface area contributed by atoms with Gasteiger partial charge in [-0.15, -0.1) is 5.10 Å². The summed E-state index contributed by atoms with van der Waals surface area (Å²) in [6, 6.07) is 21.7. The van der Waals surface area contributed by atoms with Gasteiger partial charge in [-0.05, 0) is 48.0 Å². The highest BCUT2D eigenvalue weighted by Crippen LogP contribution is 2.33. The van der Waals surface area contributed by atoms with Crippen molar-refractivity contribution < 1.29 is 4.39 Å². The van der Waals surface area contributed by atoms with Crippen molar-refractivity contribution in [3.05, 3.63) is 95.4 Å². The Morgan fingerprint density at radius 2 is 1.77 bits per heavy atom. The third kappa shape index (κ3) is 3.42. The summed E-state index contributed by atoms with van der Waals surface area (Å²) < 4.78 is 16.4. The van der Waals surface area contributed by atoms with Crippen LogP contribution in [0.2, 0.25) is 5.02 Å². The van der Waals surface area contributed by atoms with Crippen LogP contribution in [-0.2, 0) is 6.54 Å². The van der Waals surface area contributed by atoms with Crippen molar-refractivity contribution in [2.75, 3.05) is 0 Å². The minimum absolute atomic E-state index is 0.282. The lowest BCUT2D eigenvalue weighted by Crippen LogP contribution is -2.05. The van der Waals surface area contributed by atoms with E-state index < -0.39 is 5.82 Å². The number of pyridine rings is 2. The highest BCUT2D eigenvalue weighted by Gasteiger charge is 2.21. The molecule has 30 heavy (non-hydrogen) atoms. The van der Waals surface area contributed by atoms with Gasteiger partial charge in [0.25, 0.3) is 0 Å². The predicted molar refractivity (Wildman–Crippen MR) is 115 cm³/mol. The van der Waals surface area contributed by atoms with E-state index in [1.54, 1.807) is 16.9 Å². The molecular weight excluding hydrogens is 401 g/mol. The molecule has 5 aromatic rings. The number of nitrogens with zero attached hydrogens (tertiary/aromatic N) is 5. The smallest absolute Gasteiger partial charge is 0.132 e. The number of fused-ring (bicyclic) bond motifs is 1. The van der Waals surface area contributed by atoms with Gasteiger partial charge in [0.2, 0.25) is 0 Å². The van der Waals surface area contributed by atoms with Gasteiger partial charge in [-0.25, -0.2) is 14.1 Å². The van der Waals surface area contributed by atoms with E-state index in [0.717, 1.165) is 16.6 Å². The molecule has 0 fully saturated rings. The summed E-state index contributed by atoms with van der Waals surface area (Å²) in [5, 5.41) is 9.04. The maximum Gasteiger partial charge on any atom is 0.132 e. The molecule has 0 atom stereocenters. The molecule has 0 aliphatic carbocycles. The molecule has 146 valence electrons. The first-order chi connectivity index (χ1) is 14.7. The van der Waals surface area contributed by atoms with Crippen molar-refractivity contribution in [1.29, 1.82) is 0 Å². The van der Waals surface area contributed by atoms with E-state index in [1.807, 2.05) is 54.6 Å². The Morgan fingerprint density at radius 3 is 2.63 bits per heavy atom. The van der Waals surface area contributed by atoms with E-state index in [9.17, 15) is 4.39 Å². The SMILES string of the molecule is Fc1ccc(Cl)cc1-c1nnn(Cc2ccccc2)c1-c1ccc2ncccc2n1. The fraction of sp³-hybridized carbons (Fsp3) is 0.0435. The highest BCUT2D eigenvalue weighted by molar-refractivity contribution is 6.30. The van der Waals surface area contributed by atoms with Crippen molar-refractivity contribution in [3.8, 4) is 22.6 Å². The number of hydrogen-bond donors (Lipinski definition) is 0. The number of rotatable bonds is 4. The second-order valence-corrected chi connectivity index (χ2v) is 7.23. The third-order valence-corrected chi connectivity index (χ3v) is 5.03. The van der Waals surface area contributed by atoms with Crippen LogP contribution < -0.4 is 0 Å². The van der Waals surface area contributed by atoms with Crippen LogP contribution in [0.4, 0.5) is 4.39 Å². The largest absolute Gasteiger partial charge is 0.255 e. The van der Waals surface area contributed by atoms with Crippen LogP contribution in [0.15, 0.2) is 79.0 Å². The molecule has 0 radical (unpaired) electrons. The number of benzene rings is 2. The maximum absolute atomic E-state index is 14.7. The first-order valence-corrected chi connectivity index (χ1v) is 9.72. The van der Waals surface area contributed by atoms with Gasteiger partial charge in [0.05, 0.1) is 23.3 Å². The Kier molecular flexibility index (Phi) is 4.69. The molecule has 5 rings (SSSR count). The van der Waals surface area contributed by atoms with Gasteiger partial charge >= 0.3 is 0 Å². The van der Waals surface area contributed by atoms with Crippen molar-refractivity contribution in [2.45, 2.75) is 6.54 Å². The molecule has 2 aromatic carbocycles. The molecule has 0 aliphatic heterocycles. The molecule has 0 amide bonds. The van der Waals surface area contributed by atoms with Crippen LogP contribution in [0, 0.1) is 5.82 Å². The van der Waals surface area contributed by atoms with E-state index in [-0.39, 0.29) is 5.56 Å². The summed E-state index contributed by atoms with van der Waals surface area (Å²) in [5.41, 5.74) is 4.48. The summed E-state index contributed by atoms with van der Waals surface area (Å²) >= 11 is 6.13. The van der Waals surface area contributed by atoms with Crippen LogP contribution in [0.3, 0.4) is 0 Å². The summed E-state index contributed by atoms with van der Waals surface area (Å²) in [7, 11) is 0. The molecule has 7 heteroatoms. The van der Waals surface area contributed by atoms with Gasteiger partial charge in [0.1, 0.15) is 17.2 Å². The zero-order valence-corrected chi connectivity index (χ0v) is 16.5. The minimum atomic E-state index is -0.421. The third-order valence-electron chi connectivity index (χ3n) is 4.79. The summed E-state index contributed by atoms with van der Waals surface area (Å²) in [6.45, 7) is 0.470. The van der Waals surface area contributed by atoms with Gasteiger partial charge in [0, 0.05) is 16.8 Å². The number of hydrogen-bond acceptors (Lipinski definition) is 4. The normalized spacial score (nSPS) is 11.1. The van der Waals surface area contributed by atoms with Gasteiger partial charge in [0.15, 0.2) is 0 Å². The van der Waals surface area contributed by atoms with Crippen LogP contribution in [0.1, 0.15) is 5.56 Å². The van der Waals surface area contributed by atoms with Gasteiger partial charge in [-0.2, -0.15) is 0 Å². The molecule has 0 saturated carbocycles. The predicted octanol–water partition coefficient (Wildman–Crippen LogP) is 5.40. The van der Waals surface area contributed by atoms with E-state index in [1.165, 1.54) is 12.1 Å². The second kappa shape index (κ2) is 7.65. The number of halogens is 2. The highest BCUT2D eigenvalue weighted by atomic mass is 35.5. The molecular formula is C23H15ClFN5. The van der Waals surface area contributed by atoms with E-state index in [4.69, 9.17) is 16.6 Å². The lowest BCUT2D eigenvalue weighted by molar-refractivity contribution is 0.630. The Balaban J connectivity index is 1.72. The molecule has 0 saturated heterocycles. The summed E-state index contributed by atoms with van der Waals surface area (Å²) in [5.74, 6) is -0.421. The first kappa shape index (κ1) is 18.4. The minimum Gasteiger partial charge on any atom is -0.255 e. The zero-order valence-electron chi connectivity index (χ0n) is 15.7. The molecule has 3 heterocycles. The lowest BCUT2D eigenvalue weighted by Gasteiger charge is -2.10. The fourth-order valence-corrected chi connectivity index (χ4v) is 3.55. The average molecular weight is 416 g/mol. The fourth-order valence-electron chi connectivity index (χ4n) is 3.38. The van der Waals surface area contributed by atoms with Gasteiger partial charge in [-0.1, -0.05) is 47.1 Å². The van der Waals surface area contributed by atoms with Crippen LogP contribution >= 0.6 is 11.6 Å². The maximum atomic E-state index is 14.7. The topological polar surface area (TPSA) is 56.5 Å². The van der Waals surface area contributed by atoms with Crippen molar-refractivity contribution >= 4 is 22.6 Å². The standard InChI is InChI=1S/C23H15ClFN5/c24-16-8-9-18(25)17(13-16)22-23(21-11-10-19-20(27-21)7-4-12-26-19)30(29-28-22)14-15-5-2-1-3-6-15/h1-13H,14H2.